The molecular weight excluding hydrogens is 252 g/mol. The van der Waals surface area contributed by atoms with E-state index in [4.69, 9.17) is 10.5 Å². The number of ether oxygens (including phenoxy) is 1. The third-order valence-corrected chi connectivity index (χ3v) is 3.02. The molecule has 1 aromatic carbocycles. The molecule has 0 unspecified atom stereocenters. The van der Waals surface area contributed by atoms with Crippen LogP contribution in [0.1, 0.15) is 18.4 Å². The second-order valence-electron chi connectivity index (χ2n) is 4.27. The van der Waals surface area contributed by atoms with Crippen molar-refractivity contribution in [2.45, 2.75) is 25.4 Å². The zero-order chi connectivity index (χ0) is 12.3. The Kier molecular flexibility index (Phi) is 5.44. The van der Waals surface area contributed by atoms with Crippen LogP contribution in [0.2, 0.25) is 0 Å². The number of halogens is 1. The normalized spacial score (nSPS) is 13.7. The molecular formula is C13H19ClN2O2. The lowest BCUT2D eigenvalue weighted by Gasteiger charge is -2.22. The summed E-state index contributed by atoms with van der Waals surface area (Å²) in [5.41, 5.74) is 6.47. The summed E-state index contributed by atoms with van der Waals surface area (Å²) >= 11 is 0. The monoisotopic (exact) mass is 270 g/mol. The predicted molar refractivity (Wildman–Crippen MR) is 72.9 cm³/mol. The van der Waals surface area contributed by atoms with Gasteiger partial charge in [0.2, 0.25) is 5.91 Å². The highest BCUT2D eigenvalue weighted by Gasteiger charge is 2.32. The van der Waals surface area contributed by atoms with Crippen LogP contribution in [-0.4, -0.2) is 30.5 Å². The van der Waals surface area contributed by atoms with Crippen LogP contribution in [0, 0.1) is 0 Å². The van der Waals surface area contributed by atoms with Gasteiger partial charge in [0.25, 0.3) is 0 Å². The summed E-state index contributed by atoms with van der Waals surface area (Å²) in [5.74, 6) is 0.835. The molecule has 5 heteroatoms. The molecule has 2 N–H and O–H groups in total. The molecule has 2 rings (SSSR count). The van der Waals surface area contributed by atoms with Gasteiger partial charge in [-0.1, -0.05) is 18.2 Å². The molecule has 18 heavy (non-hydrogen) atoms. The van der Waals surface area contributed by atoms with E-state index in [9.17, 15) is 4.79 Å². The number of amides is 1. The number of hydrogen-bond acceptors (Lipinski definition) is 3. The second-order valence-corrected chi connectivity index (χ2v) is 4.27. The van der Waals surface area contributed by atoms with Gasteiger partial charge in [0.1, 0.15) is 5.75 Å². The predicted octanol–water partition coefficient (Wildman–Crippen LogP) is 1.57. The first-order valence-electron chi connectivity index (χ1n) is 5.87. The van der Waals surface area contributed by atoms with Crippen LogP contribution in [0.15, 0.2) is 24.3 Å². The maximum absolute atomic E-state index is 11.8. The molecule has 1 aliphatic carbocycles. The lowest BCUT2D eigenvalue weighted by molar-refractivity contribution is -0.130. The van der Waals surface area contributed by atoms with Crippen LogP contribution in [-0.2, 0) is 11.3 Å². The molecule has 0 heterocycles. The number of rotatable bonds is 5. The molecule has 1 aliphatic rings. The van der Waals surface area contributed by atoms with Gasteiger partial charge in [0.05, 0.1) is 13.7 Å². The van der Waals surface area contributed by atoms with E-state index in [2.05, 4.69) is 0 Å². The van der Waals surface area contributed by atoms with Gasteiger partial charge in [-0.2, -0.15) is 0 Å². The molecule has 4 nitrogen and oxygen atoms in total. The Bertz CT molecular complexity index is 408. The van der Waals surface area contributed by atoms with Crippen molar-refractivity contribution in [2.24, 2.45) is 5.73 Å². The van der Waals surface area contributed by atoms with Crippen molar-refractivity contribution < 1.29 is 9.53 Å². The minimum Gasteiger partial charge on any atom is -0.496 e. The molecule has 0 aromatic heterocycles. The summed E-state index contributed by atoms with van der Waals surface area (Å²) in [6.45, 7) is 0.663. The van der Waals surface area contributed by atoms with Crippen molar-refractivity contribution in [1.29, 1.82) is 0 Å². The molecule has 0 atom stereocenters. The van der Waals surface area contributed by atoms with Crippen LogP contribution in [0.4, 0.5) is 0 Å². The van der Waals surface area contributed by atoms with Crippen LogP contribution in [0.5, 0.6) is 5.75 Å². The summed E-state index contributed by atoms with van der Waals surface area (Å²) < 4.78 is 5.29. The Morgan fingerprint density at radius 2 is 2.11 bits per heavy atom. The van der Waals surface area contributed by atoms with Crippen LogP contribution >= 0.6 is 12.4 Å². The van der Waals surface area contributed by atoms with E-state index in [1.165, 1.54) is 0 Å². The second kappa shape index (κ2) is 6.61. The molecule has 1 aromatic rings. The van der Waals surface area contributed by atoms with Crippen molar-refractivity contribution in [3.05, 3.63) is 29.8 Å². The molecule has 0 bridgehead atoms. The molecule has 1 saturated carbocycles. The Labute approximate surface area is 114 Å². The Morgan fingerprint density at radius 1 is 1.44 bits per heavy atom. The summed E-state index contributed by atoms with van der Waals surface area (Å²) in [5, 5.41) is 0. The maximum atomic E-state index is 11.8. The van der Waals surface area contributed by atoms with E-state index in [0.29, 0.717) is 12.6 Å². The average Bonchev–Trinajstić information content (AvgIpc) is 3.19. The SMILES string of the molecule is COc1ccccc1CN(C(=O)CN)C1CC1.Cl. The quantitative estimate of drug-likeness (QED) is 0.884. The molecule has 0 aliphatic heterocycles. The van der Waals surface area contributed by atoms with Crippen molar-refractivity contribution in [3.63, 3.8) is 0 Å². The lowest BCUT2D eigenvalue weighted by Crippen LogP contribution is -2.37. The molecule has 100 valence electrons. The van der Waals surface area contributed by atoms with Crippen LogP contribution in [0.25, 0.3) is 0 Å². The van der Waals surface area contributed by atoms with Crippen molar-refractivity contribution in [3.8, 4) is 5.75 Å². The minimum absolute atomic E-state index is 0. The Hall–Kier alpha value is -1.26. The minimum atomic E-state index is 0. The fraction of sp³-hybridized carbons (Fsp3) is 0.462. The summed E-state index contributed by atoms with van der Waals surface area (Å²) in [7, 11) is 1.64. The first-order chi connectivity index (χ1) is 8.26. The third kappa shape index (κ3) is 3.37. The number of hydrogen-bond donors (Lipinski definition) is 1. The largest absolute Gasteiger partial charge is 0.496 e. The van der Waals surface area contributed by atoms with Gasteiger partial charge in [-0.05, 0) is 18.9 Å². The zero-order valence-electron chi connectivity index (χ0n) is 10.5. The van der Waals surface area contributed by atoms with E-state index in [-0.39, 0.29) is 24.9 Å². The van der Waals surface area contributed by atoms with E-state index in [1.807, 2.05) is 29.2 Å². The third-order valence-electron chi connectivity index (χ3n) is 3.02. The van der Waals surface area contributed by atoms with Gasteiger partial charge in [-0.15, -0.1) is 12.4 Å². The Morgan fingerprint density at radius 3 is 2.67 bits per heavy atom. The summed E-state index contributed by atoms with van der Waals surface area (Å²) in [6.07, 6.45) is 2.17. The molecule has 1 amide bonds. The summed E-state index contributed by atoms with van der Waals surface area (Å²) in [4.78, 5) is 13.6. The smallest absolute Gasteiger partial charge is 0.236 e. The van der Waals surface area contributed by atoms with Gasteiger partial charge in [0, 0.05) is 18.2 Å². The fourth-order valence-corrected chi connectivity index (χ4v) is 1.94. The fourth-order valence-electron chi connectivity index (χ4n) is 1.94. The number of benzene rings is 1. The number of carbonyl (C=O) groups is 1. The van der Waals surface area contributed by atoms with Gasteiger partial charge in [0.15, 0.2) is 0 Å². The Balaban J connectivity index is 0.00000162. The number of para-hydroxylation sites is 1. The molecule has 0 radical (unpaired) electrons. The van der Waals surface area contributed by atoms with E-state index in [1.54, 1.807) is 7.11 Å². The summed E-state index contributed by atoms with van der Waals surface area (Å²) in [6, 6.07) is 8.14. The topological polar surface area (TPSA) is 55.6 Å². The van der Waals surface area contributed by atoms with Crippen molar-refractivity contribution in [1.82, 2.24) is 4.90 Å². The molecule has 0 saturated heterocycles. The highest BCUT2D eigenvalue weighted by Crippen LogP contribution is 2.30. The average molecular weight is 271 g/mol. The lowest BCUT2D eigenvalue weighted by atomic mass is 10.2. The van der Waals surface area contributed by atoms with E-state index in [0.717, 1.165) is 24.2 Å². The van der Waals surface area contributed by atoms with Crippen LogP contribution < -0.4 is 10.5 Å². The maximum Gasteiger partial charge on any atom is 0.236 e. The van der Waals surface area contributed by atoms with Crippen LogP contribution in [0.3, 0.4) is 0 Å². The first-order valence-corrected chi connectivity index (χ1v) is 5.87. The van der Waals surface area contributed by atoms with E-state index >= 15 is 0 Å². The number of methoxy groups -OCH3 is 1. The molecule has 0 spiro atoms. The highest BCUT2D eigenvalue weighted by molar-refractivity contribution is 5.85. The van der Waals surface area contributed by atoms with Gasteiger partial charge < -0.3 is 15.4 Å². The highest BCUT2D eigenvalue weighted by atomic mass is 35.5. The van der Waals surface area contributed by atoms with Gasteiger partial charge in [-0.25, -0.2) is 0 Å². The van der Waals surface area contributed by atoms with Crippen molar-refractivity contribution in [2.75, 3.05) is 13.7 Å². The standard InChI is InChI=1S/C13H18N2O2.ClH/c1-17-12-5-3-2-4-10(12)9-15(11-6-7-11)13(16)8-14;/h2-5,11H,6-9,14H2,1H3;1H. The van der Waals surface area contributed by atoms with Gasteiger partial charge >= 0.3 is 0 Å². The van der Waals surface area contributed by atoms with E-state index < -0.39 is 0 Å². The molecule has 1 fully saturated rings. The number of nitrogens with two attached hydrogens (primary N) is 1. The van der Waals surface area contributed by atoms with Gasteiger partial charge in [-0.3, -0.25) is 4.79 Å². The van der Waals surface area contributed by atoms with Crippen molar-refractivity contribution >= 4 is 18.3 Å². The number of nitrogens with zero attached hydrogens (tertiary/aromatic N) is 1. The number of carbonyl (C=O) groups excluding carboxylic acids is 1. The zero-order valence-corrected chi connectivity index (χ0v) is 11.3. The first kappa shape index (κ1) is 14.8.